The number of hydrogen-bond donors (Lipinski definition) is 1. The van der Waals surface area contributed by atoms with Crippen molar-refractivity contribution in [1.82, 2.24) is 0 Å². The molecule has 2 rings (SSSR count). The first-order valence-corrected chi connectivity index (χ1v) is 6.74. The molecule has 0 bridgehead atoms. The highest BCUT2D eigenvalue weighted by Gasteiger charge is 2.25. The van der Waals surface area contributed by atoms with Crippen molar-refractivity contribution >= 4 is 35.1 Å². The van der Waals surface area contributed by atoms with E-state index in [1.54, 1.807) is 26.0 Å². The molecule has 1 N–H and O–H groups in total. The molecule has 1 heterocycles. The van der Waals surface area contributed by atoms with Gasteiger partial charge in [0, 0.05) is 10.5 Å². The van der Waals surface area contributed by atoms with E-state index >= 15 is 0 Å². The Labute approximate surface area is 114 Å². The normalized spacial score (nSPS) is 17.4. The number of carbonyl (C=O) groups excluding carboxylic acids is 3. The summed E-state index contributed by atoms with van der Waals surface area (Å²) in [5, 5.41) is 2.54. The van der Waals surface area contributed by atoms with Crippen molar-refractivity contribution in [2.45, 2.75) is 24.0 Å². The monoisotopic (exact) mass is 279 g/mol. The molecule has 0 spiro atoms. The summed E-state index contributed by atoms with van der Waals surface area (Å²) in [6.45, 7) is 3.59. The Balaban J connectivity index is 2.27. The molecule has 0 saturated carbocycles. The molecule has 1 aromatic rings. The van der Waals surface area contributed by atoms with Crippen LogP contribution in [0.1, 0.15) is 24.2 Å². The van der Waals surface area contributed by atoms with Gasteiger partial charge >= 0.3 is 5.97 Å². The number of benzene rings is 1. The van der Waals surface area contributed by atoms with E-state index in [1.165, 1.54) is 17.8 Å². The third-order valence-corrected chi connectivity index (χ3v) is 3.81. The Hall–Kier alpha value is -1.82. The van der Waals surface area contributed by atoms with Gasteiger partial charge in [-0.05, 0) is 32.0 Å². The Morgan fingerprint density at radius 3 is 2.84 bits per heavy atom. The Bertz CT molecular complexity index is 556. The minimum absolute atomic E-state index is 0.113. The number of hydrogen-bond acceptors (Lipinski definition) is 5. The fourth-order valence-corrected chi connectivity index (χ4v) is 2.59. The maximum Gasteiger partial charge on any atom is 0.379 e. The molecule has 0 radical (unpaired) electrons. The smallest absolute Gasteiger partial charge is 0.379 e. The van der Waals surface area contributed by atoms with Crippen molar-refractivity contribution in [3.05, 3.63) is 23.8 Å². The SMILES string of the molecule is CCOC(=O)C(=O)c1ccc2c(c1)NC(=O)C(C)S2. The average molecular weight is 279 g/mol. The van der Waals surface area contributed by atoms with Gasteiger partial charge in [0.25, 0.3) is 5.78 Å². The topological polar surface area (TPSA) is 72.5 Å². The molecule has 1 atom stereocenters. The third kappa shape index (κ3) is 2.78. The van der Waals surface area contributed by atoms with Crippen LogP contribution in [0.25, 0.3) is 0 Å². The van der Waals surface area contributed by atoms with Crippen molar-refractivity contribution in [3.8, 4) is 0 Å². The van der Waals surface area contributed by atoms with Gasteiger partial charge in [0.2, 0.25) is 5.91 Å². The molecule has 0 fully saturated rings. The fourth-order valence-electron chi connectivity index (χ4n) is 1.66. The largest absolute Gasteiger partial charge is 0.460 e. The Morgan fingerprint density at radius 2 is 2.16 bits per heavy atom. The maximum absolute atomic E-state index is 11.8. The van der Waals surface area contributed by atoms with Gasteiger partial charge in [-0.1, -0.05) is 0 Å². The highest BCUT2D eigenvalue weighted by Crippen LogP contribution is 2.35. The van der Waals surface area contributed by atoms with E-state index in [-0.39, 0.29) is 23.3 Å². The van der Waals surface area contributed by atoms with Gasteiger partial charge in [-0.15, -0.1) is 11.8 Å². The van der Waals surface area contributed by atoms with E-state index in [2.05, 4.69) is 10.1 Å². The number of esters is 1. The number of carbonyl (C=O) groups is 3. The molecule has 1 amide bonds. The maximum atomic E-state index is 11.8. The Kier molecular flexibility index (Phi) is 3.90. The van der Waals surface area contributed by atoms with E-state index in [0.29, 0.717) is 5.69 Å². The summed E-state index contributed by atoms with van der Waals surface area (Å²) < 4.78 is 4.66. The van der Waals surface area contributed by atoms with Crippen molar-refractivity contribution in [2.24, 2.45) is 0 Å². The highest BCUT2D eigenvalue weighted by atomic mass is 32.2. The first-order chi connectivity index (χ1) is 9.02. The number of anilines is 1. The van der Waals surface area contributed by atoms with Crippen LogP contribution in [0.2, 0.25) is 0 Å². The molecular weight excluding hydrogens is 266 g/mol. The van der Waals surface area contributed by atoms with Gasteiger partial charge in [-0.2, -0.15) is 0 Å². The van der Waals surface area contributed by atoms with Gasteiger partial charge in [0.1, 0.15) is 0 Å². The number of ether oxygens (including phenoxy) is 1. The summed E-state index contributed by atoms with van der Waals surface area (Å²) in [5.41, 5.74) is 0.774. The Morgan fingerprint density at radius 1 is 1.42 bits per heavy atom. The van der Waals surface area contributed by atoms with Crippen LogP contribution in [0.15, 0.2) is 23.1 Å². The second-order valence-corrected chi connectivity index (χ2v) is 5.39. The zero-order valence-corrected chi connectivity index (χ0v) is 11.4. The van der Waals surface area contributed by atoms with Crippen molar-refractivity contribution in [1.29, 1.82) is 0 Å². The number of amides is 1. The number of thioether (sulfide) groups is 1. The lowest BCUT2D eigenvalue weighted by Crippen LogP contribution is -2.27. The molecule has 1 aromatic carbocycles. The molecule has 1 aliphatic rings. The fraction of sp³-hybridized carbons (Fsp3) is 0.308. The van der Waals surface area contributed by atoms with Gasteiger partial charge in [0.05, 0.1) is 17.5 Å². The first-order valence-electron chi connectivity index (χ1n) is 5.86. The predicted octanol–water partition coefficient (Wildman–Crippen LogP) is 1.87. The standard InChI is InChI=1S/C13H13NO4S/c1-3-18-13(17)11(15)8-4-5-10-9(6-8)14-12(16)7(2)19-10/h4-7H,3H2,1-2H3,(H,14,16). The van der Waals surface area contributed by atoms with Crippen LogP contribution < -0.4 is 5.32 Å². The van der Waals surface area contributed by atoms with Crippen molar-refractivity contribution in [2.75, 3.05) is 11.9 Å². The summed E-state index contributed by atoms with van der Waals surface area (Å²) in [4.78, 5) is 35.6. The predicted molar refractivity (Wildman–Crippen MR) is 71.4 cm³/mol. The number of rotatable bonds is 3. The van der Waals surface area contributed by atoms with Crippen LogP contribution in [-0.2, 0) is 14.3 Å². The molecule has 0 aliphatic carbocycles. The zero-order valence-electron chi connectivity index (χ0n) is 10.6. The minimum Gasteiger partial charge on any atom is -0.460 e. The summed E-state index contributed by atoms with van der Waals surface area (Å²) in [5.74, 6) is -1.70. The van der Waals surface area contributed by atoms with Crippen LogP contribution in [0.3, 0.4) is 0 Å². The lowest BCUT2D eigenvalue weighted by Gasteiger charge is -2.21. The van der Waals surface area contributed by atoms with Crippen LogP contribution >= 0.6 is 11.8 Å². The number of Topliss-reactive ketones (excluding diaryl/α,β-unsaturated/α-hetero) is 1. The molecule has 100 valence electrons. The summed E-state index contributed by atoms with van der Waals surface area (Å²) in [6, 6.07) is 4.79. The van der Waals surface area contributed by atoms with Gasteiger partial charge in [-0.25, -0.2) is 4.79 Å². The molecule has 1 unspecified atom stereocenters. The highest BCUT2D eigenvalue weighted by molar-refractivity contribution is 8.00. The van der Waals surface area contributed by atoms with Crippen LogP contribution in [0.4, 0.5) is 5.69 Å². The van der Waals surface area contributed by atoms with E-state index < -0.39 is 11.8 Å². The third-order valence-electron chi connectivity index (χ3n) is 2.63. The van der Waals surface area contributed by atoms with Gasteiger partial charge < -0.3 is 10.1 Å². The number of fused-ring (bicyclic) bond motifs is 1. The molecule has 19 heavy (non-hydrogen) atoms. The lowest BCUT2D eigenvalue weighted by atomic mass is 10.1. The van der Waals surface area contributed by atoms with Gasteiger partial charge in [-0.3, -0.25) is 9.59 Å². The number of nitrogens with one attached hydrogen (secondary N) is 1. The minimum atomic E-state index is -0.884. The summed E-state index contributed by atoms with van der Waals surface area (Å²) >= 11 is 1.42. The molecule has 5 nitrogen and oxygen atoms in total. The molecular formula is C13H13NO4S. The summed E-state index contributed by atoms with van der Waals surface area (Å²) in [7, 11) is 0. The summed E-state index contributed by atoms with van der Waals surface area (Å²) in [6.07, 6.45) is 0. The van der Waals surface area contributed by atoms with Crippen LogP contribution in [0, 0.1) is 0 Å². The molecule has 0 saturated heterocycles. The van der Waals surface area contributed by atoms with Crippen LogP contribution in [-0.4, -0.2) is 29.5 Å². The molecule has 0 aromatic heterocycles. The van der Waals surface area contributed by atoms with E-state index in [0.717, 1.165) is 4.90 Å². The van der Waals surface area contributed by atoms with E-state index in [1.807, 2.05) is 0 Å². The van der Waals surface area contributed by atoms with Crippen molar-refractivity contribution < 1.29 is 19.1 Å². The quantitative estimate of drug-likeness (QED) is 0.519. The lowest BCUT2D eigenvalue weighted by molar-refractivity contribution is -0.137. The van der Waals surface area contributed by atoms with E-state index in [4.69, 9.17) is 0 Å². The zero-order chi connectivity index (χ0) is 14.0. The second kappa shape index (κ2) is 5.44. The van der Waals surface area contributed by atoms with Crippen LogP contribution in [0.5, 0.6) is 0 Å². The molecule has 1 aliphatic heterocycles. The molecule has 6 heteroatoms. The number of ketones is 1. The van der Waals surface area contributed by atoms with Gasteiger partial charge in [0.15, 0.2) is 0 Å². The first kappa shape index (κ1) is 13.6. The second-order valence-electron chi connectivity index (χ2n) is 4.01. The van der Waals surface area contributed by atoms with E-state index in [9.17, 15) is 14.4 Å². The average Bonchev–Trinajstić information content (AvgIpc) is 2.39. The van der Waals surface area contributed by atoms with Crippen molar-refractivity contribution in [3.63, 3.8) is 0 Å².